The molecule has 1 heterocycles. The van der Waals surface area contributed by atoms with Gasteiger partial charge in [-0.05, 0) is 55.1 Å². The van der Waals surface area contributed by atoms with Crippen molar-refractivity contribution < 1.29 is 13.2 Å². The smallest absolute Gasteiger partial charge is 0.260 e. The lowest BCUT2D eigenvalue weighted by molar-refractivity contribution is 0.0983. The lowest BCUT2D eigenvalue weighted by Crippen LogP contribution is -2.39. The highest BCUT2D eigenvalue weighted by molar-refractivity contribution is 7.89. The van der Waals surface area contributed by atoms with Crippen LogP contribution in [-0.4, -0.2) is 61.2 Å². The largest absolute Gasteiger partial charge is 0.302 e. The van der Waals surface area contributed by atoms with E-state index >= 15 is 0 Å². The number of fused-ring (bicyclic) bond motifs is 1. The van der Waals surface area contributed by atoms with Gasteiger partial charge in [0.2, 0.25) is 10.0 Å². The number of rotatable bonds is 12. The van der Waals surface area contributed by atoms with Crippen molar-refractivity contribution in [2.75, 3.05) is 37.6 Å². The number of amides is 1. The van der Waals surface area contributed by atoms with Gasteiger partial charge in [-0.1, -0.05) is 74.6 Å². The maximum atomic E-state index is 13.7. The molecule has 4 rings (SSSR count). The molecular weight excluding hydrogens is 516 g/mol. The van der Waals surface area contributed by atoms with Crippen LogP contribution < -0.4 is 4.90 Å². The number of likely N-dealkylation sites (N-methyl/N-ethyl adjacent to an activating group) is 1. The fourth-order valence-corrected chi connectivity index (χ4v) is 6.70. The summed E-state index contributed by atoms with van der Waals surface area (Å²) in [4.78, 5) is 22.6. The average molecular weight is 551 g/mol. The van der Waals surface area contributed by atoms with Crippen molar-refractivity contribution >= 4 is 42.6 Å². The summed E-state index contributed by atoms with van der Waals surface area (Å²) in [6.07, 6.45) is 0. The number of hydrogen-bond acceptors (Lipinski definition) is 6. The molecule has 4 aromatic rings. The van der Waals surface area contributed by atoms with Crippen LogP contribution in [0.2, 0.25) is 0 Å². The summed E-state index contributed by atoms with van der Waals surface area (Å²) in [7, 11) is -3.72. The van der Waals surface area contributed by atoms with Crippen LogP contribution in [0.4, 0.5) is 5.13 Å². The molecule has 0 N–H and O–H groups in total. The van der Waals surface area contributed by atoms with Crippen molar-refractivity contribution in [1.29, 1.82) is 0 Å². The molecule has 0 radical (unpaired) electrons. The Morgan fingerprint density at radius 1 is 0.816 bits per heavy atom. The molecule has 0 saturated carbocycles. The van der Waals surface area contributed by atoms with E-state index in [4.69, 9.17) is 4.98 Å². The Morgan fingerprint density at radius 3 is 2.11 bits per heavy atom. The van der Waals surface area contributed by atoms with E-state index in [1.54, 1.807) is 17.0 Å². The van der Waals surface area contributed by atoms with E-state index in [2.05, 4.69) is 18.7 Å². The standard InChI is InChI=1S/C29H34N4O3S2/c1-4-31(5-2)20-21-33(29-30-26-14-10-11-15-27(26)37-29)28(34)24-16-18-25(19-17-24)38(35,36)32(6-3)22-23-12-8-7-9-13-23/h7-19H,4-6,20-22H2,1-3H3. The molecule has 200 valence electrons. The quantitative estimate of drug-likeness (QED) is 0.233. The molecule has 0 saturated heterocycles. The normalized spacial score (nSPS) is 11.9. The molecular formula is C29H34N4O3S2. The van der Waals surface area contributed by atoms with Crippen LogP contribution in [0, 0.1) is 0 Å². The molecule has 1 amide bonds. The van der Waals surface area contributed by atoms with Crippen molar-refractivity contribution in [3.05, 3.63) is 90.0 Å². The predicted octanol–water partition coefficient (Wildman–Crippen LogP) is 5.50. The van der Waals surface area contributed by atoms with Crippen LogP contribution in [0.15, 0.2) is 83.8 Å². The Bertz CT molecular complexity index is 1420. The van der Waals surface area contributed by atoms with E-state index in [0.717, 1.165) is 28.9 Å². The van der Waals surface area contributed by atoms with E-state index in [1.807, 2.05) is 61.5 Å². The maximum absolute atomic E-state index is 13.7. The number of hydrogen-bond donors (Lipinski definition) is 0. The SMILES string of the molecule is CCN(CC)CCN(C(=O)c1ccc(S(=O)(=O)N(CC)Cc2ccccc2)cc1)c1nc2ccccc2s1. The molecule has 0 aliphatic rings. The average Bonchev–Trinajstić information content (AvgIpc) is 3.38. The lowest BCUT2D eigenvalue weighted by Gasteiger charge is -2.25. The van der Waals surface area contributed by atoms with Gasteiger partial charge in [0.1, 0.15) is 0 Å². The van der Waals surface area contributed by atoms with Crippen molar-refractivity contribution in [2.45, 2.75) is 32.2 Å². The molecule has 0 unspecified atom stereocenters. The Balaban J connectivity index is 1.59. The molecule has 9 heteroatoms. The zero-order valence-corrected chi connectivity index (χ0v) is 23.7. The molecule has 0 atom stereocenters. The summed E-state index contributed by atoms with van der Waals surface area (Å²) in [6.45, 7) is 9.64. The number of nitrogens with zero attached hydrogens (tertiary/aromatic N) is 4. The van der Waals surface area contributed by atoms with Crippen LogP contribution in [-0.2, 0) is 16.6 Å². The summed E-state index contributed by atoms with van der Waals surface area (Å²) < 4.78 is 29.2. The van der Waals surface area contributed by atoms with Crippen LogP contribution in [0.1, 0.15) is 36.7 Å². The first-order valence-corrected chi connectivity index (χ1v) is 15.2. The molecule has 3 aromatic carbocycles. The van der Waals surface area contributed by atoms with Gasteiger partial charge in [-0.3, -0.25) is 9.69 Å². The Labute approximate surface area is 229 Å². The number of anilines is 1. The first-order valence-electron chi connectivity index (χ1n) is 12.9. The van der Waals surface area contributed by atoms with Gasteiger partial charge < -0.3 is 4.90 Å². The Kier molecular flexibility index (Phi) is 9.27. The summed E-state index contributed by atoms with van der Waals surface area (Å²) in [5.74, 6) is -0.197. The third-order valence-electron chi connectivity index (χ3n) is 6.59. The highest BCUT2D eigenvalue weighted by Crippen LogP contribution is 2.30. The highest BCUT2D eigenvalue weighted by atomic mass is 32.2. The van der Waals surface area contributed by atoms with Gasteiger partial charge in [0.05, 0.1) is 15.1 Å². The van der Waals surface area contributed by atoms with Gasteiger partial charge >= 0.3 is 0 Å². The highest BCUT2D eigenvalue weighted by Gasteiger charge is 2.25. The number of thiazole rings is 1. The molecule has 7 nitrogen and oxygen atoms in total. The monoisotopic (exact) mass is 550 g/mol. The third-order valence-corrected chi connectivity index (χ3v) is 9.58. The molecule has 0 bridgehead atoms. The van der Waals surface area contributed by atoms with Gasteiger partial charge in [0.25, 0.3) is 5.91 Å². The van der Waals surface area contributed by atoms with E-state index < -0.39 is 10.0 Å². The van der Waals surface area contributed by atoms with Gasteiger partial charge in [-0.15, -0.1) is 0 Å². The van der Waals surface area contributed by atoms with E-state index in [9.17, 15) is 13.2 Å². The summed E-state index contributed by atoms with van der Waals surface area (Å²) in [5.41, 5.74) is 2.20. The van der Waals surface area contributed by atoms with Gasteiger partial charge in [-0.2, -0.15) is 4.31 Å². The van der Waals surface area contributed by atoms with E-state index in [1.165, 1.54) is 27.8 Å². The second kappa shape index (κ2) is 12.6. The number of sulfonamides is 1. The molecule has 0 aliphatic carbocycles. The van der Waals surface area contributed by atoms with Crippen molar-refractivity contribution in [3.8, 4) is 0 Å². The van der Waals surface area contributed by atoms with Gasteiger partial charge in [0, 0.05) is 31.7 Å². The maximum Gasteiger partial charge on any atom is 0.260 e. The predicted molar refractivity (Wildman–Crippen MR) is 155 cm³/mol. The zero-order chi connectivity index (χ0) is 27.1. The summed E-state index contributed by atoms with van der Waals surface area (Å²) >= 11 is 1.48. The first kappa shape index (κ1) is 27.9. The Morgan fingerprint density at radius 2 is 1.47 bits per heavy atom. The second-order valence-corrected chi connectivity index (χ2v) is 11.8. The fraction of sp³-hybridized carbons (Fsp3) is 0.310. The van der Waals surface area contributed by atoms with Gasteiger partial charge in [-0.25, -0.2) is 13.4 Å². The van der Waals surface area contributed by atoms with Crippen LogP contribution in [0.3, 0.4) is 0 Å². The Hall–Kier alpha value is -3.11. The van der Waals surface area contributed by atoms with E-state index in [-0.39, 0.29) is 17.3 Å². The van der Waals surface area contributed by atoms with Gasteiger partial charge in [0.15, 0.2) is 5.13 Å². The summed E-state index contributed by atoms with van der Waals surface area (Å²) in [6, 6.07) is 23.6. The molecule has 38 heavy (non-hydrogen) atoms. The van der Waals surface area contributed by atoms with Crippen molar-refractivity contribution in [2.24, 2.45) is 0 Å². The number of aromatic nitrogens is 1. The minimum atomic E-state index is -3.72. The van der Waals surface area contributed by atoms with Crippen molar-refractivity contribution in [1.82, 2.24) is 14.2 Å². The number of carbonyl (C=O) groups is 1. The number of benzene rings is 3. The van der Waals surface area contributed by atoms with Crippen LogP contribution in [0.5, 0.6) is 0 Å². The number of carbonyl (C=O) groups excluding carboxylic acids is 1. The minimum Gasteiger partial charge on any atom is -0.302 e. The zero-order valence-electron chi connectivity index (χ0n) is 22.1. The molecule has 0 aliphatic heterocycles. The summed E-state index contributed by atoms with van der Waals surface area (Å²) in [5, 5.41) is 0.639. The van der Waals surface area contributed by atoms with Crippen LogP contribution in [0.25, 0.3) is 10.2 Å². The minimum absolute atomic E-state index is 0.168. The third kappa shape index (κ3) is 6.30. The molecule has 0 spiro atoms. The number of para-hydroxylation sites is 1. The second-order valence-electron chi connectivity index (χ2n) is 8.89. The first-order chi connectivity index (χ1) is 18.4. The molecule has 0 fully saturated rings. The topological polar surface area (TPSA) is 73.8 Å². The van der Waals surface area contributed by atoms with Crippen molar-refractivity contribution in [3.63, 3.8) is 0 Å². The fourth-order valence-electron chi connectivity index (χ4n) is 4.27. The van der Waals surface area contributed by atoms with Crippen LogP contribution >= 0.6 is 11.3 Å². The molecule has 1 aromatic heterocycles. The van der Waals surface area contributed by atoms with E-state index in [0.29, 0.717) is 30.3 Å². The lowest BCUT2D eigenvalue weighted by atomic mass is 10.2.